The molecule has 1 atom stereocenters. The number of rotatable bonds is 10. The van der Waals surface area contributed by atoms with E-state index in [0.717, 1.165) is 12.8 Å². The van der Waals surface area contributed by atoms with Crippen molar-refractivity contribution in [3.05, 3.63) is 65.3 Å². The molecule has 4 rings (SSSR count). The molecule has 3 aromatic rings. The van der Waals surface area contributed by atoms with Gasteiger partial charge in [-0.05, 0) is 61.6 Å². The maximum atomic E-state index is 13.1. The molecular formula is C24H25ClF3N3O4. The number of alkyl halides is 2. The maximum Gasteiger partial charge on any atom is 0.387 e. The van der Waals surface area contributed by atoms with Crippen LogP contribution in [-0.2, 0) is 6.54 Å². The lowest BCUT2D eigenvalue weighted by Crippen LogP contribution is -2.25. The number of carbonyl (C=O) groups excluding carboxylic acids is 1. The number of hydrogen-bond acceptors (Lipinski definition) is 6. The van der Waals surface area contributed by atoms with Gasteiger partial charge in [0, 0.05) is 12.1 Å². The highest BCUT2D eigenvalue weighted by molar-refractivity contribution is 5.94. The van der Waals surface area contributed by atoms with Crippen molar-refractivity contribution < 1.29 is 31.9 Å². The van der Waals surface area contributed by atoms with Gasteiger partial charge in [0.25, 0.3) is 5.91 Å². The third kappa shape index (κ3) is 6.89. The van der Waals surface area contributed by atoms with E-state index in [4.69, 9.17) is 14.9 Å². The molecule has 1 amide bonds. The molecule has 0 saturated heterocycles. The van der Waals surface area contributed by atoms with Crippen LogP contribution in [0.4, 0.5) is 13.2 Å². The second-order valence-corrected chi connectivity index (χ2v) is 8.12. The Morgan fingerprint density at radius 3 is 2.54 bits per heavy atom. The molecule has 0 unspecified atom stereocenters. The number of hydrogen-bond donors (Lipinski definition) is 2. The van der Waals surface area contributed by atoms with Crippen molar-refractivity contribution in [1.82, 2.24) is 10.3 Å². The van der Waals surface area contributed by atoms with Crippen molar-refractivity contribution in [2.75, 3.05) is 6.61 Å². The van der Waals surface area contributed by atoms with Crippen molar-refractivity contribution in [3.63, 3.8) is 0 Å². The monoisotopic (exact) mass is 511 g/mol. The van der Waals surface area contributed by atoms with Crippen LogP contribution >= 0.6 is 12.4 Å². The summed E-state index contributed by atoms with van der Waals surface area (Å²) in [4.78, 5) is 17.1. The van der Waals surface area contributed by atoms with E-state index < -0.39 is 18.6 Å². The third-order valence-electron chi connectivity index (χ3n) is 5.23. The second-order valence-electron chi connectivity index (χ2n) is 8.12. The summed E-state index contributed by atoms with van der Waals surface area (Å²) in [6.07, 6.45) is 2.05. The quantitative estimate of drug-likeness (QED) is 0.386. The van der Waals surface area contributed by atoms with Gasteiger partial charge in [-0.25, -0.2) is 9.37 Å². The number of amides is 1. The van der Waals surface area contributed by atoms with Crippen LogP contribution in [0.2, 0.25) is 0 Å². The summed E-state index contributed by atoms with van der Waals surface area (Å²) >= 11 is 0. The number of oxazole rings is 1. The molecule has 1 fully saturated rings. The van der Waals surface area contributed by atoms with Gasteiger partial charge in [0.05, 0.1) is 12.6 Å². The van der Waals surface area contributed by atoms with Crippen LogP contribution in [0, 0.1) is 11.7 Å². The first kappa shape index (κ1) is 26.4. The summed E-state index contributed by atoms with van der Waals surface area (Å²) in [6, 6.07) is 9.38. The van der Waals surface area contributed by atoms with Gasteiger partial charge in [-0.2, -0.15) is 8.78 Å². The van der Waals surface area contributed by atoms with Crippen molar-refractivity contribution >= 4 is 18.3 Å². The Labute approximate surface area is 206 Å². The Hall–Kier alpha value is -3.24. The topological polar surface area (TPSA) is 99.6 Å². The average molecular weight is 512 g/mol. The number of benzene rings is 2. The van der Waals surface area contributed by atoms with E-state index in [2.05, 4.69) is 15.0 Å². The highest BCUT2D eigenvalue weighted by Crippen LogP contribution is 2.37. The zero-order chi connectivity index (χ0) is 24.2. The fourth-order valence-corrected chi connectivity index (χ4v) is 3.23. The lowest BCUT2D eigenvalue weighted by Gasteiger charge is -2.12. The number of nitrogens with zero attached hydrogens (tertiary/aromatic N) is 1. The number of aromatic nitrogens is 1. The Morgan fingerprint density at radius 2 is 1.91 bits per heavy atom. The first-order valence-corrected chi connectivity index (χ1v) is 10.8. The molecule has 188 valence electrons. The molecule has 1 aliphatic rings. The SMILES string of the molecule is C[C@H](N)c1oc(-c2ccc(OC(F)F)c(OCC3CC3)c2)nc1C(=O)NCc1ccc(F)cc1.Cl. The normalized spacial score (nSPS) is 13.8. The first-order chi connectivity index (χ1) is 16.3. The molecule has 0 radical (unpaired) electrons. The molecular weight excluding hydrogens is 487 g/mol. The molecule has 0 bridgehead atoms. The van der Waals surface area contributed by atoms with Crippen molar-refractivity contribution in [2.24, 2.45) is 11.7 Å². The lowest BCUT2D eigenvalue weighted by atomic mass is 10.2. The second kappa shape index (κ2) is 11.5. The van der Waals surface area contributed by atoms with Crippen molar-refractivity contribution in [1.29, 1.82) is 0 Å². The van der Waals surface area contributed by atoms with Crippen LogP contribution in [0.15, 0.2) is 46.9 Å². The van der Waals surface area contributed by atoms with Crippen LogP contribution in [0.1, 0.15) is 47.6 Å². The van der Waals surface area contributed by atoms with Crippen LogP contribution in [0.25, 0.3) is 11.5 Å². The highest BCUT2D eigenvalue weighted by atomic mass is 35.5. The summed E-state index contributed by atoms with van der Waals surface area (Å²) in [7, 11) is 0. The number of carbonyl (C=O) groups is 1. The van der Waals surface area contributed by atoms with Crippen molar-refractivity contribution in [2.45, 2.75) is 39.0 Å². The van der Waals surface area contributed by atoms with Gasteiger partial charge in [0.1, 0.15) is 5.82 Å². The predicted molar refractivity (Wildman–Crippen MR) is 124 cm³/mol. The van der Waals surface area contributed by atoms with Crippen LogP contribution in [0.3, 0.4) is 0 Å². The fraction of sp³-hybridized carbons (Fsp3) is 0.333. The van der Waals surface area contributed by atoms with E-state index in [0.29, 0.717) is 23.7 Å². The lowest BCUT2D eigenvalue weighted by molar-refractivity contribution is -0.0515. The van der Waals surface area contributed by atoms with Gasteiger partial charge in [0.15, 0.2) is 23.0 Å². The minimum absolute atomic E-state index is 0. The zero-order valence-electron chi connectivity index (χ0n) is 18.8. The fourth-order valence-electron chi connectivity index (χ4n) is 3.23. The Kier molecular flexibility index (Phi) is 8.63. The third-order valence-corrected chi connectivity index (χ3v) is 5.23. The molecule has 1 saturated carbocycles. The van der Waals surface area contributed by atoms with E-state index in [1.165, 1.54) is 30.3 Å². The summed E-state index contributed by atoms with van der Waals surface area (Å²) < 4.78 is 54.7. The molecule has 11 heteroatoms. The average Bonchev–Trinajstić information content (AvgIpc) is 3.52. The number of ether oxygens (including phenoxy) is 2. The Morgan fingerprint density at radius 1 is 1.20 bits per heavy atom. The molecule has 7 nitrogen and oxygen atoms in total. The molecule has 1 aliphatic carbocycles. The zero-order valence-corrected chi connectivity index (χ0v) is 19.6. The van der Waals surface area contributed by atoms with Gasteiger partial charge < -0.3 is 24.9 Å². The van der Waals surface area contributed by atoms with Crippen molar-refractivity contribution in [3.8, 4) is 23.0 Å². The smallest absolute Gasteiger partial charge is 0.387 e. The van der Waals surface area contributed by atoms with Gasteiger partial charge in [0.2, 0.25) is 5.89 Å². The Balaban J connectivity index is 0.00000342. The summed E-state index contributed by atoms with van der Waals surface area (Å²) in [6.45, 7) is -0.822. The number of nitrogens with two attached hydrogens (primary N) is 1. The standard InChI is InChI=1S/C24H24F3N3O4.ClH/c1-13(28)21-20(22(31)29-11-14-4-7-17(25)8-5-14)30-23(34-21)16-6-9-18(33-24(26)27)19(10-16)32-12-15-2-3-15;/h4-10,13,15,24H,2-3,11-12,28H2,1H3,(H,29,31);1H/t13-;/m0./s1. The van der Waals surface area contributed by atoms with E-state index in [-0.39, 0.29) is 53.6 Å². The van der Waals surface area contributed by atoms with Crippen LogP contribution in [-0.4, -0.2) is 24.1 Å². The first-order valence-electron chi connectivity index (χ1n) is 10.8. The van der Waals surface area contributed by atoms with Gasteiger partial charge in [-0.15, -0.1) is 12.4 Å². The molecule has 0 spiro atoms. The molecule has 1 heterocycles. The molecule has 2 aromatic carbocycles. The van der Waals surface area contributed by atoms with Crippen LogP contribution in [0.5, 0.6) is 11.5 Å². The van der Waals surface area contributed by atoms with Gasteiger partial charge in [-0.3, -0.25) is 4.79 Å². The molecule has 1 aromatic heterocycles. The summed E-state index contributed by atoms with van der Waals surface area (Å²) in [5.74, 6) is -0.219. The Bertz CT molecular complexity index is 1150. The van der Waals surface area contributed by atoms with E-state index in [9.17, 15) is 18.0 Å². The minimum Gasteiger partial charge on any atom is -0.489 e. The number of halogens is 4. The van der Waals surface area contributed by atoms with Gasteiger partial charge in [-0.1, -0.05) is 12.1 Å². The molecule has 3 N–H and O–H groups in total. The van der Waals surface area contributed by atoms with E-state index in [1.54, 1.807) is 19.1 Å². The van der Waals surface area contributed by atoms with E-state index in [1.807, 2.05) is 0 Å². The summed E-state index contributed by atoms with van der Waals surface area (Å²) in [5, 5.41) is 2.71. The van der Waals surface area contributed by atoms with Crippen LogP contribution < -0.4 is 20.5 Å². The summed E-state index contributed by atoms with van der Waals surface area (Å²) in [5.41, 5.74) is 7.09. The largest absolute Gasteiger partial charge is 0.489 e. The molecule has 35 heavy (non-hydrogen) atoms. The van der Waals surface area contributed by atoms with Gasteiger partial charge >= 0.3 is 6.61 Å². The highest BCUT2D eigenvalue weighted by Gasteiger charge is 2.26. The maximum absolute atomic E-state index is 13.1. The molecule has 0 aliphatic heterocycles. The number of nitrogens with one attached hydrogen (secondary N) is 1. The predicted octanol–water partition coefficient (Wildman–Crippen LogP) is 5.24. The van der Waals surface area contributed by atoms with E-state index >= 15 is 0 Å². The minimum atomic E-state index is -3.00.